The van der Waals surface area contributed by atoms with Crippen LogP contribution in [0.1, 0.15) is 24.5 Å². The van der Waals surface area contributed by atoms with Gasteiger partial charge in [-0.3, -0.25) is 0 Å². The molecule has 0 aliphatic heterocycles. The lowest BCUT2D eigenvalue weighted by molar-refractivity contribution is 0.317. The van der Waals surface area contributed by atoms with E-state index in [0.29, 0.717) is 6.61 Å². The highest BCUT2D eigenvalue weighted by Crippen LogP contribution is 2.25. The molecular weight excluding hydrogens is 326 g/mol. The van der Waals surface area contributed by atoms with Crippen molar-refractivity contribution in [3.05, 3.63) is 64.1 Å². The van der Waals surface area contributed by atoms with Gasteiger partial charge in [0.25, 0.3) is 0 Å². The lowest BCUT2D eigenvalue weighted by Gasteiger charge is -2.15. The largest absolute Gasteiger partial charge is 0.493 e. The zero-order chi connectivity index (χ0) is 15.1. The Bertz CT molecular complexity index is 556. The summed E-state index contributed by atoms with van der Waals surface area (Å²) in [4.78, 5) is 0. The summed E-state index contributed by atoms with van der Waals surface area (Å²) < 4.78 is 7.03. The van der Waals surface area contributed by atoms with Crippen LogP contribution in [0.15, 0.2) is 53.0 Å². The normalized spacial score (nSPS) is 12.1. The van der Waals surface area contributed by atoms with Crippen LogP contribution in [0.2, 0.25) is 0 Å². The lowest BCUT2D eigenvalue weighted by Crippen LogP contribution is -2.21. The third-order valence-electron chi connectivity index (χ3n) is 3.52. The molecule has 21 heavy (non-hydrogen) atoms. The molecule has 0 saturated heterocycles. The van der Waals surface area contributed by atoms with E-state index in [9.17, 15) is 0 Å². The first-order chi connectivity index (χ1) is 10.2. The zero-order valence-electron chi connectivity index (χ0n) is 12.4. The van der Waals surface area contributed by atoms with Gasteiger partial charge in [-0.2, -0.15) is 0 Å². The van der Waals surface area contributed by atoms with E-state index >= 15 is 0 Å². The van der Waals surface area contributed by atoms with Gasteiger partial charge in [-0.25, -0.2) is 0 Å². The van der Waals surface area contributed by atoms with Crippen molar-refractivity contribution in [3.8, 4) is 5.75 Å². The highest BCUT2D eigenvalue weighted by atomic mass is 79.9. The Morgan fingerprint density at radius 3 is 2.62 bits per heavy atom. The van der Waals surface area contributed by atoms with Gasteiger partial charge in [0.15, 0.2) is 0 Å². The molecule has 0 amide bonds. The summed E-state index contributed by atoms with van der Waals surface area (Å²) in [5.74, 6) is 0.943. The van der Waals surface area contributed by atoms with Gasteiger partial charge in [0.2, 0.25) is 0 Å². The summed E-state index contributed by atoms with van der Waals surface area (Å²) >= 11 is 3.52. The predicted molar refractivity (Wildman–Crippen MR) is 91.8 cm³/mol. The van der Waals surface area contributed by atoms with Gasteiger partial charge in [0.05, 0.1) is 6.61 Å². The smallest absolute Gasteiger partial charge is 0.122 e. The van der Waals surface area contributed by atoms with E-state index in [1.165, 1.54) is 11.1 Å². The van der Waals surface area contributed by atoms with Crippen molar-refractivity contribution in [3.63, 3.8) is 0 Å². The number of nitrogens with two attached hydrogens (primary N) is 1. The maximum atomic E-state index is 6.07. The van der Waals surface area contributed by atoms with Crippen molar-refractivity contribution in [1.29, 1.82) is 0 Å². The number of hydrogen-bond donors (Lipinski definition) is 1. The fraction of sp³-hybridized carbons (Fsp3) is 0.333. The fourth-order valence-corrected chi connectivity index (χ4v) is 2.61. The molecular formula is C18H22BrNO. The maximum Gasteiger partial charge on any atom is 0.122 e. The van der Waals surface area contributed by atoms with Crippen LogP contribution in [0.5, 0.6) is 5.75 Å². The van der Waals surface area contributed by atoms with Crippen LogP contribution in [0.25, 0.3) is 0 Å². The van der Waals surface area contributed by atoms with Crippen LogP contribution in [-0.2, 0) is 12.8 Å². The first kappa shape index (κ1) is 16.1. The molecule has 0 heterocycles. The van der Waals surface area contributed by atoms with Gasteiger partial charge in [0.1, 0.15) is 5.75 Å². The summed E-state index contributed by atoms with van der Waals surface area (Å²) in [6.07, 6.45) is 2.72. The van der Waals surface area contributed by atoms with Crippen LogP contribution in [0, 0.1) is 0 Å². The molecule has 0 aliphatic rings. The lowest BCUT2D eigenvalue weighted by atomic mass is 10.0. The molecule has 0 radical (unpaired) electrons. The first-order valence-corrected chi connectivity index (χ1v) is 8.19. The standard InChI is InChI=1S/C18H22BrNO/c1-2-17(20)13-15-12-16(19)8-9-18(15)21-11-10-14-6-4-3-5-7-14/h3-9,12,17H,2,10-11,13,20H2,1H3. The van der Waals surface area contributed by atoms with Crippen LogP contribution < -0.4 is 10.5 Å². The summed E-state index contributed by atoms with van der Waals surface area (Å²) in [5.41, 5.74) is 8.54. The van der Waals surface area contributed by atoms with Crippen molar-refractivity contribution < 1.29 is 4.74 Å². The van der Waals surface area contributed by atoms with Crippen molar-refractivity contribution in [2.75, 3.05) is 6.61 Å². The van der Waals surface area contributed by atoms with Crippen LogP contribution in [-0.4, -0.2) is 12.6 Å². The molecule has 1 atom stereocenters. The number of benzene rings is 2. The van der Waals surface area contributed by atoms with Crippen LogP contribution in [0.3, 0.4) is 0 Å². The van der Waals surface area contributed by atoms with E-state index in [1.807, 2.05) is 18.2 Å². The van der Waals surface area contributed by atoms with E-state index < -0.39 is 0 Å². The summed E-state index contributed by atoms with van der Waals surface area (Å²) in [5, 5.41) is 0. The van der Waals surface area contributed by atoms with Crippen molar-refractivity contribution in [2.45, 2.75) is 32.2 Å². The Labute approximate surface area is 135 Å². The number of halogens is 1. The summed E-state index contributed by atoms with van der Waals surface area (Å²) in [6.45, 7) is 2.79. The second-order valence-corrected chi connectivity index (χ2v) is 6.12. The van der Waals surface area contributed by atoms with E-state index in [-0.39, 0.29) is 6.04 Å². The van der Waals surface area contributed by atoms with E-state index in [4.69, 9.17) is 10.5 Å². The monoisotopic (exact) mass is 347 g/mol. The minimum absolute atomic E-state index is 0.177. The number of hydrogen-bond acceptors (Lipinski definition) is 2. The Kier molecular flexibility index (Phi) is 6.27. The van der Waals surface area contributed by atoms with Crippen LogP contribution >= 0.6 is 15.9 Å². The molecule has 2 N–H and O–H groups in total. The molecule has 2 aromatic rings. The fourth-order valence-electron chi connectivity index (χ4n) is 2.20. The van der Waals surface area contributed by atoms with Gasteiger partial charge in [0, 0.05) is 16.9 Å². The van der Waals surface area contributed by atoms with E-state index in [0.717, 1.165) is 29.5 Å². The minimum Gasteiger partial charge on any atom is -0.493 e. The molecule has 0 aromatic heterocycles. The molecule has 112 valence electrons. The van der Waals surface area contributed by atoms with Crippen molar-refractivity contribution in [2.24, 2.45) is 5.73 Å². The SMILES string of the molecule is CCC(N)Cc1cc(Br)ccc1OCCc1ccccc1. The van der Waals surface area contributed by atoms with Crippen molar-refractivity contribution in [1.82, 2.24) is 0 Å². The third-order valence-corrected chi connectivity index (χ3v) is 4.01. The Morgan fingerprint density at radius 2 is 1.90 bits per heavy atom. The van der Waals surface area contributed by atoms with Gasteiger partial charge >= 0.3 is 0 Å². The van der Waals surface area contributed by atoms with Gasteiger partial charge in [-0.05, 0) is 42.2 Å². The van der Waals surface area contributed by atoms with E-state index in [2.05, 4.69) is 53.2 Å². The molecule has 3 heteroatoms. The number of ether oxygens (including phenoxy) is 1. The quantitative estimate of drug-likeness (QED) is 0.807. The number of rotatable bonds is 7. The molecule has 0 saturated carbocycles. The third kappa shape index (κ3) is 5.18. The molecule has 0 spiro atoms. The zero-order valence-corrected chi connectivity index (χ0v) is 14.0. The Hall–Kier alpha value is -1.32. The topological polar surface area (TPSA) is 35.2 Å². The summed E-state index contributed by atoms with van der Waals surface area (Å²) in [6, 6.07) is 16.7. The Balaban J connectivity index is 1.98. The summed E-state index contributed by atoms with van der Waals surface area (Å²) in [7, 11) is 0. The maximum absolute atomic E-state index is 6.07. The van der Waals surface area contributed by atoms with Gasteiger partial charge < -0.3 is 10.5 Å². The van der Waals surface area contributed by atoms with E-state index in [1.54, 1.807) is 0 Å². The van der Waals surface area contributed by atoms with Crippen LogP contribution in [0.4, 0.5) is 0 Å². The molecule has 0 fully saturated rings. The molecule has 0 aliphatic carbocycles. The predicted octanol–water partition coefficient (Wildman–Crippen LogP) is 4.35. The molecule has 2 nitrogen and oxygen atoms in total. The minimum atomic E-state index is 0.177. The average molecular weight is 348 g/mol. The van der Waals surface area contributed by atoms with Crippen molar-refractivity contribution >= 4 is 15.9 Å². The molecule has 2 rings (SSSR count). The molecule has 2 aromatic carbocycles. The molecule has 1 unspecified atom stereocenters. The molecule has 0 bridgehead atoms. The first-order valence-electron chi connectivity index (χ1n) is 7.39. The van der Waals surface area contributed by atoms with Gasteiger partial charge in [-0.1, -0.05) is 53.2 Å². The highest BCUT2D eigenvalue weighted by Gasteiger charge is 2.09. The second-order valence-electron chi connectivity index (χ2n) is 5.21. The highest BCUT2D eigenvalue weighted by molar-refractivity contribution is 9.10. The Morgan fingerprint density at radius 1 is 1.14 bits per heavy atom. The van der Waals surface area contributed by atoms with Gasteiger partial charge in [-0.15, -0.1) is 0 Å². The average Bonchev–Trinajstić information content (AvgIpc) is 2.50. The second kappa shape index (κ2) is 8.20.